The van der Waals surface area contributed by atoms with Gasteiger partial charge in [0.25, 0.3) is 0 Å². The van der Waals surface area contributed by atoms with Crippen molar-refractivity contribution >= 4 is 11.9 Å². The summed E-state index contributed by atoms with van der Waals surface area (Å²) < 4.78 is 5.12. The molecule has 0 radical (unpaired) electrons. The van der Waals surface area contributed by atoms with Crippen molar-refractivity contribution in [2.24, 2.45) is 23.7 Å². The Morgan fingerprint density at radius 2 is 2.23 bits per heavy atom. The molecule has 3 rings (SSSR count). The van der Waals surface area contributed by atoms with Crippen LogP contribution in [0.2, 0.25) is 0 Å². The highest BCUT2D eigenvalue weighted by atomic mass is 16.6. The van der Waals surface area contributed by atoms with E-state index in [-0.39, 0.29) is 29.8 Å². The smallest absolute Gasteiger partial charge is 0.310 e. The van der Waals surface area contributed by atoms with Crippen molar-refractivity contribution in [3.8, 4) is 0 Å². The van der Waals surface area contributed by atoms with E-state index in [1.54, 1.807) is 0 Å². The summed E-state index contributed by atoms with van der Waals surface area (Å²) in [6, 6.07) is 0. The zero-order chi connectivity index (χ0) is 9.16. The van der Waals surface area contributed by atoms with Crippen molar-refractivity contribution < 1.29 is 19.4 Å². The predicted molar refractivity (Wildman–Crippen MR) is 40.7 cm³/mol. The summed E-state index contributed by atoms with van der Waals surface area (Å²) >= 11 is 0. The molecule has 4 heteroatoms. The Morgan fingerprint density at radius 3 is 2.92 bits per heavy atom. The van der Waals surface area contributed by atoms with E-state index in [2.05, 4.69) is 0 Å². The maximum absolute atomic E-state index is 11.3. The SMILES string of the molecule is O=C1O[C@@H]2C[C@@H]3C[C@H]2[C@@H]1[C@H]3C(=O)O. The molecule has 3 aliphatic rings. The second-order valence-corrected chi connectivity index (χ2v) is 4.26. The minimum Gasteiger partial charge on any atom is -0.481 e. The van der Waals surface area contributed by atoms with E-state index in [0.717, 1.165) is 12.8 Å². The van der Waals surface area contributed by atoms with Crippen LogP contribution in [0.3, 0.4) is 0 Å². The molecular formula is C9H10O4. The molecule has 3 fully saturated rings. The molecule has 1 aliphatic heterocycles. The van der Waals surface area contributed by atoms with Gasteiger partial charge in [-0.25, -0.2) is 0 Å². The number of fused-ring (bicyclic) bond motifs is 1. The van der Waals surface area contributed by atoms with Crippen LogP contribution in [-0.2, 0) is 14.3 Å². The monoisotopic (exact) mass is 182 g/mol. The van der Waals surface area contributed by atoms with Crippen molar-refractivity contribution in [1.29, 1.82) is 0 Å². The summed E-state index contributed by atoms with van der Waals surface area (Å²) in [4.78, 5) is 22.2. The quantitative estimate of drug-likeness (QED) is 0.591. The average molecular weight is 182 g/mol. The average Bonchev–Trinajstić information content (AvgIpc) is 2.60. The Balaban J connectivity index is 2.01. The Kier molecular flexibility index (Phi) is 1.16. The number of carbonyl (C=O) groups is 2. The lowest BCUT2D eigenvalue weighted by Crippen LogP contribution is -2.31. The minimum absolute atomic E-state index is 0.0399. The Bertz CT molecular complexity index is 296. The molecule has 1 heterocycles. The van der Waals surface area contributed by atoms with E-state index >= 15 is 0 Å². The van der Waals surface area contributed by atoms with E-state index in [9.17, 15) is 9.59 Å². The van der Waals surface area contributed by atoms with Crippen LogP contribution in [0.5, 0.6) is 0 Å². The normalized spacial score (nSPS) is 51.1. The summed E-state index contributed by atoms with van der Waals surface area (Å²) in [5.74, 6) is -1.50. The zero-order valence-corrected chi connectivity index (χ0v) is 6.97. The standard InChI is InChI=1S/C9H10O4/c10-8(11)6-3-1-4-5(2-3)13-9(12)7(4)6/h3-7H,1-2H2,(H,10,11)/t3-,4+,5+,6-,7+/m0/s1. The Labute approximate surface area is 74.9 Å². The Hall–Kier alpha value is -1.06. The fraction of sp³-hybridized carbons (Fsp3) is 0.778. The molecule has 1 saturated heterocycles. The largest absolute Gasteiger partial charge is 0.481 e. The summed E-state index contributed by atoms with van der Waals surface area (Å²) in [5, 5.41) is 8.97. The minimum atomic E-state index is -0.824. The van der Waals surface area contributed by atoms with Gasteiger partial charge in [-0.15, -0.1) is 0 Å². The number of hydrogen-bond donors (Lipinski definition) is 1. The van der Waals surface area contributed by atoms with Crippen LogP contribution in [0, 0.1) is 23.7 Å². The summed E-state index contributed by atoms with van der Waals surface area (Å²) in [6.45, 7) is 0. The molecule has 0 aromatic rings. The highest BCUT2D eigenvalue weighted by molar-refractivity contribution is 5.84. The van der Waals surface area contributed by atoms with E-state index in [1.165, 1.54) is 0 Å². The number of carboxylic acid groups (broad SMARTS) is 1. The predicted octanol–water partition coefficient (Wildman–Crippen LogP) is 0.269. The second-order valence-electron chi connectivity index (χ2n) is 4.26. The molecule has 1 N–H and O–H groups in total. The number of aliphatic carboxylic acids is 1. The number of ether oxygens (including phenoxy) is 1. The van der Waals surface area contributed by atoms with Gasteiger partial charge in [0.1, 0.15) is 6.10 Å². The van der Waals surface area contributed by atoms with E-state index in [0.29, 0.717) is 0 Å². The maximum Gasteiger partial charge on any atom is 0.310 e. The number of esters is 1. The third kappa shape index (κ3) is 0.716. The molecule has 0 aromatic carbocycles. The number of rotatable bonds is 1. The van der Waals surface area contributed by atoms with Gasteiger partial charge in [-0.2, -0.15) is 0 Å². The fourth-order valence-corrected chi connectivity index (χ4v) is 3.34. The van der Waals surface area contributed by atoms with Crippen molar-refractivity contribution in [3.63, 3.8) is 0 Å². The summed E-state index contributed by atoms with van der Waals surface area (Å²) in [6.07, 6.45) is 1.68. The second kappa shape index (κ2) is 2.05. The Morgan fingerprint density at radius 1 is 1.46 bits per heavy atom. The molecule has 13 heavy (non-hydrogen) atoms. The third-order valence-electron chi connectivity index (χ3n) is 3.77. The van der Waals surface area contributed by atoms with Crippen molar-refractivity contribution in [2.75, 3.05) is 0 Å². The molecule has 0 amide bonds. The first kappa shape index (κ1) is 7.35. The van der Waals surface area contributed by atoms with E-state index in [4.69, 9.17) is 9.84 Å². The van der Waals surface area contributed by atoms with Gasteiger partial charge in [0.2, 0.25) is 0 Å². The molecule has 0 unspecified atom stereocenters. The molecule has 2 saturated carbocycles. The first-order valence-corrected chi connectivity index (χ1v) is 4.62. The lowest BCUT2D eigenvalue weighted by molar-refractivity contribution is -0.151. The zero-order valence-electron chi connectivity index (χ0n) is 6.97. The van der Waals surface area contributed by atoms with Crippen LogP contribution in [0.25, 0.3) is 0 Å². The van der Waals surface area contributed by atoms with Gasteiger partial charge in [-0.1, -0.05) is 0 Å². The topological polar surface area (TPSA) is 63.6 Å². The number of carbonyl (C=O) groups excluding carboxylic acids is 1. The van der Waals surface area contributed by atoms with Crippen LogP contribution in [0.15, 0.2) is 0 Å². The van der Waals surface area contributed by atoms with Crippen LogP contribution in [-0.4, -0.2) is 23.1 Å². The van der Waals surface area contributed by atoms with Crippen molar-refractivity contribution in [1.82, 2.24) is 0 Å². The lowest BCUT2D eigenvalue weighted by Gasteiger charge is -2.19. The van der Waals surface area contributed by atoms with Gasteiger partial charge in [-0.3, -0.25) is 9.59 Å². The van der Waals surface area contributed by atoms with Crippen LogP contribution in [0.4, 0.5) is 0 Å². The highest BCUT2D eigenvalue weighted by Gasteiger charge is 2.64. The summed E-state index contributed by atoms with van der Waals surface area (Å²) in [5.41, 5.74) is 0. The van der Waals surface area contributed by atoms with Crippen molar-refractivity contribution in [2.45, 2.75) is 18.9 Å². The molecule has 2 bridgehead atoms. The molecule has 0 aromatic heterocycles. The van der Waals surface area contributed by atoms with Gasteiger partial charge in [0, 0.05) is 5.92 Å². The third-order valence-corrected chi connectivity index (χ3v) is 3.77. The van der Waals surface area contributed by atoms with Gasteiger partial charge >= 0.3 is 11.9 Å². The number of hydrogen-bond acceptors (Lipinski definition) is 3. The first-order chi connectivity index (χ1) is 6.18. The van der Waals surface area contributed by atoms with Gasteiger partial charge in [-0.05, 0) is 18.8 Å². The van der Waals surface area contributed by atoms with Crippen LogP contribution < -0.4 is 0 Å². The first-order valence-electron chi connectivity index (χ1n) is 4.62. The van der Waals surface area contributed by atoms with Crippen LogP contribution >= 0.6 is 0 Å². The summed E-state index contributed by atoms with van der Waals surface area (Å²) in [7, 11) is 0. The highest BCUT2D eigenvalue weighted by Crippen LogP contribution is 2.57. The molecule has 2 aliphatic carbocycles. The molecule has 4 nitrogen and oxygen atoms in total. The molecule has 70 valence electrons. The van der Waals surface area contributed by atoms with Crippen LogP contribution in [0.1, 0.15) is 12.8 Å². The van der Waals surface area contributed by atoms with Gasteiger partial charge < -0.3 is 9.84 Å². The molecule has 0 spiro atoms. The molecule has 5 atom stereocenters. The number of carboxylic acids is 1. The van der Waals surface area contributed by atoms with Gasteiger partial charge in [0.15, 0.2) is 0 Å². The van der Waals surface area contributed by atoms with Crippen molar-refractivity contribution in [3.05, 3.63) is 0 Å². The lowest BCUT2D eigenvalue weighted by atomic mass is 9.80. The fourth-order valence-electron chi connectivity index (χ4n) is 3.34. The van der Waals surface area contributed by atoms with E-state index < -0.39 is 11.9 Å². The van der Waals surface area contributed by atoms with Gasteiger partial charge in [0.05, 0.1) is 11.8 Å². The molecular weight excluding hydrogens is 172 g/mol. The maximum atomic E-state index is 11.3. The van der Waals surface area contributed by atoms with E-state index in [1.807, 2.05) is 0 Å².